The van der Waals surface area contributed by atoms with E-state index in [1.165, 1.54) is 43.4 Å². The van der Waals surface area contributed by atoms with Crippen LogP contribution in [-0.4, -0.2) is 0 Å². The van der Waals surface area contributed by atoms with Gasteiger partial charge < -0.3 is 9.80 Å². The van der Waals surface area contributed by atoms with E-state index in [1.807, 2.05) is 0 Å². The van der Waals surface area contributed by atoms with Gasteiger partial charge in [-0.05, 0) is 94.9 Å². The predicted octanol–water partition coefficient (Wildman–Crippen LogP) is 10.3. The van der Waals surface area contributed by atoms with Gasteiger partial charge in [-0.1, -0.05) is 109 Å². The Kier molecular flexibility index (Phi) is 6.66. The Bertz CT molecular complexity index is 2130. The molecule has 0 radical (unpaired) electrons. The number of fused-ring (bicyclic) bond motifs is 5. The van der Waals surface area contributed by atoms with Crippen LogP contribution in [0.25, 0.3) is 33.7 Å². The summed E-state index contributed by atoms with van der Waals surface area (Å²) in [5.74, 6) is 0. The third kappa shape index (κ3) is 4.53. The van der Waals surface area contributed by atoms with Gasteiger partial charge >= 0.3 is 0 Å². The highest BCUT2D eigenvalue weighted by Crippen LogP contribution is 2.42. The van der Waals surface area contributed by atoms with E-state index in [0.29, 0.717) is 0 Å². The number of nitrogens with zero attached hydrogens (tertiary/aromatic N) is 2. The van der Waals surface area contributed by atoms with Crippen LogP contribution in [0.4, 0.5) is 34.1 Å². The number of anilines is 6. The summed E-state index contributed by atoms with van der Waals surface area (Å²) >= 11 is 0. The summed E-state index contributed by atoms with van der Waals surface area (Å²) < 4.78 is 0. The lowest BCUT2D eigenvalue weighted by molar-refractivity contribution is 1.12. The summed E-state index contributed by atoms with van der Waals surface area (Å²) in [7, 11) is 0. The summed E-state index contributed by atoms with van der Waals surface area (Å²) in [6.45, 7) is 0. The fraction of sp³-hybridized carbons (Fsp3) is 0.0476. The van der Waals surface area contributed by atoms with Crippen molar-refractivity contribution in [3.05, 3.63) is 168 Å². The molecule has 8 rings (SSSR count). The number of para-hydroxylation sites is 4. The molecule has 2 heteroatoms. The van der Waals surface area contributed by atoms with Gasteiger partial charge in [0.15, 0.2) is 0 Å². The maximum Gasteiger partial charge on any atom is 0.0546 e. The SMILES string of the molecule is C1=c2c(N(c3ccccc3)c3ccccc3)cc3c(cc(N(c4ccccc4)c4ccccc4)c4ccccc43)c2=CCC1. The molecule has 0 saturated carbocycles. The van der Waals surface area contributed by atoms with E-state index in [-0.39, 0.29) is 0 Å². The van der Waals surface area contributed by atoms with Gasteiger partial charge in [0.1, 0.15) is 0 Å². The van der Waals surface area contributed by atoms with Gasteiger partial charge in [0, 0.05) is 33.4 Å². The van der Waals surface area contributed by atoms with Crippen molar-refractivity contribution in [3.63, 3.8) is 0 Å². The molecule has 44 heavy (non-hydrogen) atoms. The zero-order chi connectivity index (χ0) is 29.3. The molecule has 7 aromatic carbocycles. The molecular formula is C42H32N2. The molecule has 1 aliphatic rings. The maximum absolute atomic E-state index is 2.45. The van der Waals surface area contributed by atoms with Gasteiger partial charge in [-0.2, -0.15) is 0 Å². The van der Waals surface area contributed by atoms with E-state index in [9.17, 15) is 0 Å². The van der Waals surface area contributed by atoms with E-state index in [4.69, 9.17) is 0 Å². The van der Waals surface area contributed by atoms with Crippen molar-refractivity contribution < 1.29 is 0 Å². The molecule has 0 aliphatic heterocycles. The van der Waals surface area contributed by atoms with Crippen molar-refractivity contribution in [1.82, 2.24) is 0 Å². The molecule has 7 aromatic rings. The molecule has 0 spiro atoms. The number of hydrogen-bond donors (Lipinski definition) is 0. The molecule has 1 aliphatic carbocycles. The molecule has 0 aromatic heterocycles. The molecule has 0 saturated heterocycles. The largest absolute Gasteiger partial charge is 0.310 e. The van der Waals surface area contributed by atoms with E-state index in [1.54, 1.807) is 0 Å². The molecule has 2 nitrogen and oxygen atoms in total. The van der Waals surface area contributed by atoms with Crippen LogP contribution in [0, 0.1) is 0 Å². The molecule has 0 atom stereocenters. The highest BCUT2D eigenvalue weighted by Gasteiger charge is 2.21. The van der Waals surface area contributed by atoms with E-state index in [0.717, 1.165) is 35.6 Å². The Morgan fingerprint density at radius 2 is 0.705 bits per heavy atom. The second-order valence-corrected chi connectivity index (χ2v) is 11.3. The quantitative estimate of drug-likeness (QED) is 0.185. The van der Waals surface area contributed by atoms with Crippen LogP contribution in [0.1, 0.15) is 12.8 Å². The van der Waals surface area contributed by atoms with E-state index >= 15 is 0 Å². The fourth-order valence-corrected chi connectivity index (χ4v) is 6.68. The van der Waals surface area contributed by atoms with Crippen molar-refractivity contribution in [3.8, 4) is 0 Å². The molecular weight excluding hydrogens is 532 g/mol. The lowest BCUT2D eigenvalue weighted by Crippen LogP contribution is -2.33. The summed E-state index contributed by atoms with van der Waals surface area (Å²) in [4.78, 5) is 4.81. The normalized spacial score (nSPS) is 12.3. The van der Waals surface area contributed by atoms with Gasteiger partial charge in [-0.15, -0.1) is 0 Å². The minimum atomic E-state index is 1.03. The summed E-state index contributed by atoms with van der Waals surface area (Å²) in [6.07, 6.45) is 6.95. The first kappa shape index (κ1) is 26.1. The average molecular weight is 565 g/mol. The van der Waals surface area contributed by atoms with E-state index in [2.05, 4.69) is 180 Å². The zero-order valence-electron chi connectivity index (χ0n) is 24.5. The van der Waals surface area contributed by atoms with Crippen molar-refractivity contribution in [1.29, 1.82) is 0 Å². The fourth-order valence-electron chi connectivity index (χ4n) is 6.68. The van der Waals surface area contributed by atoms with Gasteiger partial charge in [0.25, 0.3) is 0 Å². The smallest absolute Gasteiger partial charge is 0.0546 e. The first-order valence-corrected chi connectivity index (χ1v) is 15.4. The molecule has 0 fully saturated rings. The highest BCUT2D eigenvalue weighted by molar-refractivity contribution is 6.15. The van der Waals surface area contributed by atoms with Crippen molar-refractivity contribution in [2.24, 2.45) is 0 Å². The van der Waals surface area contributed by atoms with Crippen molar-refractivity contribution in [2.45, 2.75) is 12.8 Å². The third-order valence-electron chi connectivity index (χ3n) is 8.60. The molecule has 0 bridgehead atoms. The number of hydrogen-bond acceptors (Lipinski definition) is 2. The molecule has 0 amide bonds. The first-order valence-electron chi connectivity index (χ1n) is 15.4. The Labute approximate surface area is 258 Å². The lowest BCUT2D eigenvalue weighted by Gasteiger charge is -2.29. The van der Waals surface area contributed by atoms with Crippen LogP contribution in [0.3, 0.4) is 0 Å². The van der Waals surface area contributed by atoms with Crippen LogP contribution >= 0.6 is 0 Å². The van der Waals surface area contributed by atoms with Crippen LogP contribution in [0.5, 0.6) is 0 Å². The summed E-state index contributed by atoms with van der Waals surface area (Å²) in [5, 5.41) is 7.64. The summed E-state index contributed by atoms with van der Waals surface area (Å²) in [6, 6.07) is 56.6. The Morgan fingerprint density at radius 1 is 0.318 bits per heavy atom. The molecule has 0 unspecified atom stereocenters. The van der Waals surface area contributed by atoms with Crippen LogP contribution in [-0.2, 0) is 0 Å². The Hall–Kier alpha value is -5.60. The summed E-state index contributed by atoms with van der Waals surface area (Å²) in [5.41, 5.74) is 6.98. The standard InChI is InChI=1S/C42H32N2/c1-5-17-31(18-6-1)43(32-19-7-2-8-20-32)41-29-39-36-26-14-16-28-38(36)42(30-40(39)35-25-13-15-27-37(35)41)44(33-21-9-3-10-22-33)34-23-11-4-12-24-34/h1-13,15,17-30H,14,16H2. The maximum atomic E-state index is 2.45. The van der Waals surface area contributed by atoms with Crippen molar-refractivity contribution >= 4 is 67.8 Å². The predicted molar refractivity (Wildman–Crippen MR) is 188 cm³/mol. The molecule has 0 heterocycles. The topological polar surface area (TPSA) is 6.48 Å². The van der Waals surface area contributed by atoms with Crippen LogP contribution in [0.2, 0.25) is 0 Å². The van der Waals surface area contributed by atoms with Crippen molar-refractivity contribution in [2.75, 3.05) is 9.80 Å². The molecule has 210 valence electrons. The monoisotopic (exact) mass is 564 g/mol. The van der Waals surface area contributed by atoms with Gasteiger partial charge in [0.2, 0.25) is 0 Å². The third-order valence-corrected chi connectivity index (χ3v) is 8.60. The van der Waals surface area contributed by atoms with E-state index < -0.39 is 0 Å². The Morgan fingerprint density at radius 3 is 1.20 bits per heavy atom. The average Bonchev–Trinajstić information content (AvgIpc) is 3.11. The minimum absolute atomic E-state index is 1.03. The Balaban J connectivity index is 1.48. The molecule has 0 N–H and O–H groups in total. The zero-order valence-corrected chi connectivity index (χ0v) is 24.5. The number of rotatable bonds is 6. The van der Waals surface area contributed by atoms with Crippen LogP contribution < -0.4 is 20.2 Å². The second kappa shape index (κ2) is 11.2. The highest BCUT2D eigenvalue weighted by atomic mass is 15.1. The van der Waals surface area contributed by atoms with Gasteiger partial charge in [-0.3, -0.25) is 0 Å². The number of benzene rings is 7. The lowest BCUT2D eigenvalue weighted by atomic mass is 9.93. The first-order chi connectivity index (χ1) is 21.9. The second-order valence-electron chi connectivity index (χ2n) is 11.3. The van der Waals surface area contributed by atoms with Gasteiger partial charge in [-0.25, -0.2) is 0 Å². The minimum Gasteiger partial charge on any atom is -0.310 e. The van der Waals surface area contributed by atoms with Gasteiger partial charge in [0.05, 0.1) is 11.4 Å². The van der Waals surface area contributed by atoms with Crippen LogP contribution in [0.15, 0.2) is 158 Å².